The van der Waals surface area contributed by atoms with Gasteiger partial charge in [-0.2, -0.15) is 13.2 Å². The Kier molecular flexibility index (Phi) is 3.48. The third-order valence-electron chi connectivity index (χ3n) is 2.13. The number of anilines is 1. The summed E-state index contributed by atoms with van der Waals surface area (Å²) in [7, 11) is 0. The van der Waals surface area contributed by atoms with E-state index in [2.05, 4.69) is 10.2 Å². The lowest BCUT2D eigenvalue weighted by atomic mass is 10.3. The van der Waals surface area contributed by atoms with Gasteiger partial charge < -0.3 is 10.5 Å². The molecule has 0 spiro atoms. The summed E-state index contributed by atoms with van der Waals surface area (Å²) in [6.45, 7) is 0. The van der Waals surface area contributed by atoms with Crippen LogP contribution < -0.4 is 10.5 Å². The Morgan fingerprint density at radius 3 is 2.37 bits per heavy atom. The second-order valence-corrected chi connectivity index (χ2v) is 3.92. The minimum atomic E-state index is -4.55. The van der Waals surface area contributed by atoms with Gasteiger partial charge in [-0.15, -0.1) is 10.2 Å². The SMILES string of the molecule is Nc1cccc(Cl)c1Oc1ccc(C(F)(F)F)nn1. The third-order valence-corrected chi connectivity index (χ3v) is 2.43. The van der Waals surface area contributed by atoms with E-state index in [9.17, 15) is 13.2 Å². The zero-order valence-corrected chi connectivity index (χ0v) is 10.0. The van der Waals surface area contributed by atoms with Gasteiger partial charge >= 0.3 is 6.18 Å². The molecule has 0 bridgehead atoms. The summed E-state index contributed by atoms with van der Waals surface area (Å²) in [5, 5.41) is 6.56. The summed E-state index contributed by atoms with van der Waals surface area (Å²) in [6.07, 6.45) is -4.55. The number of hydrogen-bond donors (Lipinski definition) is 1. The van der Waals surface area contributed by atoms with Gasteiger partial charge in [0, 0.05) is 6.07 Å². The highest BCUT2D eigenvalue weighted by Crippen LogP contribution is 2.34. The molecule has 0 aliphatic heterocycles. The molecule has 0 amide bonds. The lowest BCUT2D eigenvalue weighted by Crippen LogP contribution is -2.09. The summed E-state index contributed by atoms with van der Waals surface area (Å²) in [6, 6.07) is 6.49. The molecule has 1 aromatic carbocycles. The summed E-state index contributed by atoms with van der Waals surface area (Å²) in [4.78, 5) is 0. The molecule has 100 valence electrons. The van der Waals surface area contributed by atoms with Gasteiger partial charge in [0.05, 0.1) is 10.7 Å². The van der Waals surface area contributed by atoms with Crippen LogP contribution in [0.4, 0.5) is 18.9 Å². The molecule has 0 fully saturated rings. The first-order valence-electron chi connectivity index (χ1n) is 5.00. The Labute approximate surface area is 111 Å². The number of para-hydroxylation sites is 1. The molecular formula is C11H7ClF3N3O. The van der Waals surface area contributed by atoms with Crippen molar-refractivity contribution in [3.05, 3.63) is 41.0 Å². The number of hydrogen-bond acceptors (Lipinski definition) is 4. The molecule has 8 heteroatoms. The minimum Gasteiger partial charge on any atom is -0.434 e. The maximum Gasteiger partial charge on any atom is 0.435 e. The number of nitrogens with zero attached hydrogens (tertiary/aromatic N) is 2. The van der Waals surface area contributed by atoms with Gasteiger partial charge in [-0.05, 0) is 18.2 Å². The highest BCUT2D eigenvalue weighted by atomic mass is 35.5. The molecule has 2 N–H and O–H groups in total. The van der Waals surface area contributed by atoms with Crippen molar-refractivity contribution in [3.8, 4) is 11.6 Å². The normalized spacial score (nSPS) is 11.4. The summed E-state index contributed by atoms with van der Waals surface area (Å²) >= 11 is 5.85. The van der Waals surface area contributed by atoms with Gasteiger partial charge in [0.1, 0.15) is 0 Å². The molecule has 19 heavy (non-hydrogen) atoms. The fourth-order valence-corrected chi connectivity index (χ4v) is 1.48. The highest BCUT2D eigenvalue weighted by molar-refractivity contribution is 6.32. The number of benzene rings is 1. The van der Waals surface area contributed by atoms with Crippen molar-refractivity contribution in [2.45, 2.75) is 6.18 Å². The number of ether oxygens (including phenoxy) is 1. The van der Waals surface area contributed by atoms with Gasteiger partial charge in [-0.25, -0.2) is 0 Å². The van der Waals surface area contributed by atoms with Crippen LogP contribution in [-0.2, 0) is 6.18 Å². The molecule has 1 aromatic heterocycles. The van der Waals surface area contributed by atoms with Crippen molar-refractivity contribution >= 4 is 17.3 Å². The molecule has 4 nitrogen and oxygen atoms in total. The van der Waals surface area contributed by atoms with E-state index in [0.717, 1.165) is 12.1 Å². The van der Waals surface area contributed by atoms with E-state index in [1.807, 2.05) is 0 Å². The highest BCUT2D eigenvalue weighted by Gasteiger charge is 2.33. The second-order valence-electron chi connectivity index (χ2n) is 3.51. The topological polar surface area (TPSA) is 61.0 Å². The van der Waals surface area contributed by atoms with E-state index in [4.69, 9.17) is 22.1 Å². The molecule has 0 radical (unpaired) electrons. The molecule has 0 unspecified atom stereocenters. The average Bonchev–Trinajstić information content (AvgIpc) is 2.33. The van der Waals surface area contributed by atoms with Crippen LogP contribution in [0.2, 0.25) is 5.02 Å². The first-order chi connectivity index (χ1) is 8.88. The van der Waals surface area contributed by atoms with Crippen LogP contribution in [0, 0.1) is 0 Å². The Hall–Kier alpha value is -2.02. The van der Waals surface area contributed by atoms with E-state index < -0.39 is 11.9 Å². The fraction of sp³-hybridized carbons (Fsp3) is 0.0909. The lowest BCUT2D eigenvalue weighted by molar-refractivity contribution is -0.141. The molecule has 2 rings (SSSR count). The quantitative estimate of drug-likeness (QED) is 0.859. The van der Waals surface area contributed by atoms with E-state index in [1.165, 1.54) is 6.07 Å². The van der Waals surface area contributed by atoms with Crippen LogP contribution in [0.25, 0.3) is 0 Å². The van der Waals surface area contributed by atoms with Crippen LogP contribution in [-0.4, -0.2) is 10.2 Å². The number of halogens is 4. The van der Waals surface area contributed by atoms with Gasteiger partial charge in [0.2, 0.25) is 5.88 Å². The van der Waals surface area contributed by atoms with E-state index >= 15 is 0 Å². The molecule has 1 heterocycles. The Morgan fingerprint density at radius 1 is 1.11 bits per heavy atom. The van der Waals surface area contributed by atoms with Crippen LogP contribution in [0.1, 0.15) is 5.69 Å². The standard InChI is InChI=1S/C11H7ClF3N3O/c12-6-2-1-3-7(16)10(6)19-9-5-4-8(17-18-9)11(13,14)15/h1-5H,16H2. The Morgan fingerprint density at radius 2 is 1.84 bits per heavy atom. The molecular weight excluding hydrogens is 283 g/mol. The second kappa shape index (κ2) is 4.93. The zero-order valence-electron chi connectivity index (χ0n) is 9.28. The minimum absolute atomic E-state index is 0.123. The first kappa shape index (κ1) is 13.4. The van der Waals surface area contributed by atoms with E-state index in [0.29, 0.717) is 0 Å². The van der Waals surface area contributed by atoms with Gasteiger partial charge in [-0.1, -0.05) is 17.7 Å². The summed E-state index contributed by atoms with van der Waals surface area (Å²) < 4.78 is 42.1. The van der Waals surface area contributed by atoms with Crippen molar-refractivity contribution < 1.29 is 17.9 Å². The Bertz CT molecular complexity index is 566. The molecule has 2 aromatic rings. The smallest absolute Gasteiger partial charge is 0.434 e. The monoisotopic (exact) mass is 289 g/mol. The summed E-state index contributed by atoms with van der Waals surface area (Å²) in [5.74, 6) is -0.00831. The van der Waals surface area contributed by atoms with Crippen molar-refractivity contribution in [2.24, 2.45) is 0 Å². The number of aromatic nitrogens is 2. The summed E-state index contributed by atoms with van der Waals surface area (Å²) in [5.41, 5.74) is 4.77. The third kappa shape index (κ3) is 3.05. The number of rotatable bonds is 2. The average molecular weight is 290 g/mol. The largest absolute Gasteiger partial charge is 0.435 e. The van der Waals surface area contributed by atoms with Gasteiger partial charge in [-0.3, -0.25) is 0 Å². The van der Waals surface area contributed by atoms with Crippen LogP contribution in [0.15, 0.2) is 30.3 Å². The van der Waals surface area contributed by atoms with Gasteiger partial charge in [0.25, 0.3) is 0 Å². The number of nitrogens with two attached hydrogens (primary N) is 1. The van der Waals surface area contributed by atoms with E-state index in [-0.39, 0.29) is 22.3 Å². The zero-order chi connectivity index (χ0) is 14.0. The maximum absolute atomic E-state index is 12.3. The van der Waals surface area contributed by atoms with Crippen LogP contribution >= 0.6 is 11.6 Å². The predicted octanol–water partition coefficient (Wildman–Crippen LogP) is 3.52. The molecule has 0 atom stereocenters. The van der Waals surface area contributed by atoms with Crippen molar-refractivity contribution in [1.29, 1.82) is 0 Å². The predicted molar refractivity (Wildman–Crippen MR) is 63.0 cm³/mol. The molecule has 0 aliphatic carbocycles. The van der Waals surface area contributed by atoms with Crippen LogP contribution in [0.3, 0.4) is 0 Å². The van der Waals surface area contributed by atoms with Gasteiger partial charge in [0.15, 0.2) is 11.4 Å². The fourth-order valence-electron chi connectivity index (χ4n) is 1.26. The molecule has 0 saturated carbocycles. The van der Waals surface area contributed by atoms with Crippen molar-refractivity contribution in [3.63, 3.8) is 0 Å². The van der Waals surface area contributed by atoms with Crippen LogP contribution in [0.5, 0.6) is 11.6 Å². The Balaban J connectivity index is 2.25. The molecule has 0 aliphatic rings. The van der Waals surface area contributed by atoms with Crippen molar-refractivity contribution in [1.82, 2.24) is 10.2 Å². The van der Waals surface area contributed by atoms with E-state index in [1.54, 1.807) is 12.1 Å². The first-order valence-corrected chi connectivity index (χ1v) is 5.38. The maximum atomic E-state index is 12.3. The molecule has 0 saturated heterocycles. The number of nitrogen functional groups attached to an aromatic ring is 1. The number of alkyl halides is 3. The van der Waals surface area contributed by atoms with Crippen molar-refractivity contribution in [2.75, 3.05) is 5.73 Å². The lowest BCUT2D eigenvalue weighted by Gasteiger charge is -2.09.